The molecule has 0 spiro atoms. The maximum atomic E-state index is 12.2. The van der Waals surface area contributed by atoms with E-state index in [1.165, 1.54) is 0 Å². The van der Waals surface area contributed by atoms with Crippen LogP contribution in [0.25, 0.3) is 0 Å². The molecule has 4 N–H and O–H groups in total. The average molecular weight is 291 g/mol. The van der Waals surface area contributed by atoms with Crippen LogP contribution in [0.5, 0.6) is 0 Å². The molecule has 0 saturated carbocycles. The second kappa shape index (κ2) is 7.78. The lowest BCUT2D eigenvalue weighted by molar-refractivity contribution is -0.120. The Hall–Kier alpha value is -1.88. The number of hydrogen-bond donors (Lipinski definition) is 3. The Labute approximate surface area is 126 Å². The van der Waals surface area contributed by atoms with Crippen molar-refractivity contribution in [3.63, 3.8) is 0 Å². The molecule has 0 aliphatic carbocycles. The molecule has 1 rings (SSSR count). The lowest BCUT2D eigenvalue weighted by atomic mass is 9.95. The standard InChI is InChI=1S/C16H25N3O2/c1-5-18-15(20)12-6-7-14(11(4)8-12)19-16(21)13(9-17)10(2)3/h6-8,10,13H,5,9,17H2,1-4H3,(H,18,20)(H,19,21). The number of benzene rings is 1. The topological polar surface area (TPSA) is 84.2 Å². The van der Waals surface area contributed by atoms with Crippen molar-refractivity contribution < 1.29 is 9.59 Å². The van der Waals surface area contributed by atoms with Crippen LogP contribution in [-0.4, -0.2) is 24.9 Å². The third kappa shape index (κ3) is 4.56. The fourth-order valence-corrected chi connectivity index (χ4v) is 2.12. The summed E-state index contributed by atoms with van der Waals surface area (Å²) in [6, 6.07) is 5.24. The molecule has 5 heteroatoms. The molecule has 0 aliphatic rings. The van der Waals surface area contributed by atoms with Gasteiger partial charge in [0.05, 0.1) is 5.92 Å². The van der Waals surface area contributed by atoms with E-state index < -0.39 is 0 Å². The van der Waals surface area contributed by atoms with E-state index in [1.807, 2.05) is 27.7 Å². The summed E-state index contributed by atoms with van der Waals surface area (Å²) in [5, 5.41) is 5.64. The molecule has 1 atom stereocenters. The quantitative estimate of drug-likeness (QED) is 0.748. The zero-order chi connectivity index (χ0) is 16.0. The van der Waals surface area contributed by atoms with Crippen LogP contribution in [0, 0.1) is 18.8 Å². The first-order valence-corrected chi connectivity index (χ1v) is 7.30. The number of anilines is 1. The molecule has 1 unspecified atom stereocenters. The number of hydrogen-bond acceptors (Lipinski definition) is 3. The summed E-state index contributed by atoms with van der Waals surface area (Å²) in [5.41, 5.74) is 7.81. The summed E-state index contributed by atoms with van der Waals surface area (Å²) in [5.74, 6) is -0.223. The van der Waals surface area contributed by atoms with Gasteiger partial charge in [-0.1, -0.05) is 13.8 Å². The van der Waals surface area contributed by atoms with Gasteiger partial charge in [0.2, 0.25) is 5.91 Å². The maximum Gasteiger partial charge on any atom is 0.251 e. The third-order valence-electron chi connectivity index (χ3n) is 3.48. The molecule has 0 aromatic heterocycles. The van der Waals surface area contributed by atoms with Gasteiger partial charge in [-0.2, -0.15) is 0 Å². The molecular formula is C16H25N3O2. The van der Waals surface area contributed by atoms with E-state index in [4.69, 9.17) is 5.73 Å². The second-order valence-electron chi connectivity index (χ2n) is 5.46. The summed E-state index contributed by atoms with van der Waals surface area (Å²) in [6.45, 7) is 8.59. The largest absolute Gasteiger partial charge is 0.352 e. The molecule has 2 amide bonds. The van der Waals surface area contributed by atoms with Gasteiger partial charge in [-0.3, -0.25) is 9.59 Å². The van der Waals surface area contributed by atoms with Crippen molar-refractivity contribution in [3.8, 4) is 0 Å². The molecule has 1 aromatic carbocycles. The number of aryl methyl sites for hydroxylation is 1. The Morgan fingerprint density at radius 2 is 1.95 bits per heavy atom. The first-order chi connectivity index (χ1) is 9.90. The minimum atomic E-state index is -0.215. The number of amides is 2. The molecule has 116 valence electrons. The van der Waals surface area contributed by atoms with E-state index in [9.17, 15) is 9.59 Å². The van der Waals surface area contributed by atoms with Crippen LogP contribution in [0.15, 0.2) is 18.2 Å². The Kier molecular flexibility index (Phi) is 6.37. The maximum absolute atomic E-state index is 12.2. The van der Waals surface area contributed by atoms with Gasteiger partial charge in [0, 0.05) is 24.3 Å². The second-order valence-corrected chi connectivity index (χ2v) is 5.46. The van der Waals surface area contributed by atoms with E-state index >= 15 is 0 Å². The van der Waals surface area contributed by atoms with Crippen LogP contribution in [0.3, 0.4) is 0 Å². The van der Waals surface area contributed by atoms with Crippen molar-refractivity contribution in [3.05, 3.63) is 29.3 Å². The minimum absolute atomic E-state index is 0.0821. The smallest absolute Gasteiger partial charge is 0.251 e. The molecule has 0 fully saturated rings. The molecule has 21 heavy (non-hydrogen) atoms. The number of nitrogens with one attached hydrogen (secondary N) is 2. The van der Waals surface area contributed by atoms with Crippen molar-refractivity contribution in [2.24, 2.45) is 17.6 Å². The molecule has 5 nitrogen and oxygen atoms in total. The van der Waals surface area contributed by atoms with E-state index in [2.05, 4.69) is 10.6 Å². The van der Waals surface area contributed by atoms with Crippen molar-refractivity contribution in [1.82, 2.24) is 5.32 Å². The minimum Gasteiger partial charge on any atom is -0.352 e. The summed E-state index contributed by atoms with van der Waals surface area (Å²) in [7, 11) is 0. The van der Waals surface area contributed by atoms with Gasteiger partial charge in [0.15, 0.2) is 0 Å². The van der Waals surface area contributed by atoms with Crippen LogP contribution < -0.4 is 16.4 Å². The van der Waals surface area contributed by atoms with Gasteiger partial charge in [-0.05, 0) is 43.5 Å². The molecule has 1 aromatic rings. The lowest BCUT2D eigenvalue weighted by Gasteiger charge is -2.19. The molecule has 0 bridgehead atoms. The van der Waals surface area contributed by atoms with Crippen molar-refractivity contribution in [2.75, 3.05) is 18.4 Å². The van der Waals surface area contributed by atoms with E-state index in [1.54, 1.807) is 18.2 Å². The molecular weight excluding hydrogens is 266 g/mol. The Balaban J connectivity index is 2.86. The molecule has 0 radical (unpaired) electrons. The van der Waals surface area contributed by atoms with Crippen LogP contribution >= 0.6 is 0 Å². The van der Waals surface area contributed by atoms with Gasteiger partial charge in [-0.15, -0.1) is 0 Å². The fourth-order valence-electron chi connectivity index (χ4n) is 2.12. The highest BCUT2D eigenvalue weighted by Crippen LogP contribution is 2.19. The predicted molar refractivity (Wildman–Crippen MR) is 85.2 cm³/mol. The van der Waals surface area contributed by atoms with Gasteiger partial charge in [0.1, 0.15) is 0 Å². The normalized spacial score (nSPS) is 12.1. The third-order valence-corrected chi connectivity index (χ3v) is 3.48. The Morgan fingerprint density at radius 1 is 1.29 bits per heavy atom. The highest BCUT2D eigenvalue weighted by Gasteiger charge is 2.21. The number of carbonyl (C=O) groups is 2. The lowest BCUT2D eigenvalue weighted by Crippen LogP contribution is -2.33. The van der Waals surface area contributed by atoms with Crippen LogP contribution in [0.4, 0.5) is 5.69 Å². The highest BCUT2D eigenvalue weighted by atomic mass is 16.2. The fraction of sp³-hybridized carbons (Fsp3) is 0.500. The Morgan fingerprint density at radius 3 is 2.43 bits per heavy atom. The van der Waals surface area contributed by atoms with Gasteiger partial charge >= 0.3 is 0 Å². The van der Waals surface area contributed by atoms with Crippen molar-refractivity contribution in [2.45, 2.75) is 27.7 Å². The van der Waals surface area contributed by atoms with Gasteiger partial charge in [-0.25, -0.2) is 0 Å². The SMILES string of the molecule is CCNC(=O)c1ccc(NC(=O)C(CN)C(C)C)c(C)c1. The van der Waals surface area contributed by atoms with E-state index in [0.717, 1.165) is 5.56 Å². The summed E-state index contributed by atoms with van der Waals surface area (Å²) in [4.78, 5) is 23.9. The average Bonchev–Trinajstić information content (AvgIpc) is 2.41. The first kappa shape index (κ1) is 17.2. The van der Waals surface area contributed by atoms with E-state index in [-0.39, 0.29) is 23.7 Å². The summed E-state index contributed by atoms with van der Waals surface area (Å²) < 4.78 is 0. The van der Waals surface area contributed by atoms with Crippen molar-refractivity contribution in [1.29, 1.82) is 0 Å². The summed E-state index contributed by atoms with van der Waals surface area (Å²) in [6.07, 6.45) is 0. The number of rotatable bonds is 6. The van der Waals surface area contributed by atoms with Crippen LogP contribution in [0.1, 0.15) is 36.7 Å². The Bertz CT molecular complexity index is 512. The first-order valence-electron chi connectivity index (χ1n) is 7.30. The molecule has 0 saturated heterocycles. The van der Waals surface area contributed by atoms with Gasteiger partial charge in [0.25, 0.3) is 5.91 Å². The van der Waals surface area contributed by atoms with Gasteiger partial charge < -0.3 is 16.4 Å². The number of nitrogens with two attached hydrogens (primary N) is 1. The predicted octanol–water partition coefficient (Wildman–Crippen LogP) is 1.91. The van der Waals surface area contributed by atoms with Crippen LogP contribution in [0.2, 0.25) is 0 Å². The zero-order valence-electron chi connectivity index (χ0n) is 13.2. The highest BCUT2D eigenvalue weighted by molar-refractivity contribution is 5.97. The monoisotopic (exact) mass is 291 g/mol. The zero-order valence-corrected chi connectivity index (χ0v) is 13.2. The number of carbonyl (C=O) groups excluding carboxylic acids is 2. The van der Waals surface area contributed by atoms with E-state index in [0.29, 0.717) is 24.3 Å². The molecule has 0 heterocycles. The van der Waals surface area contributed by atoms with Crippen LogP contribution in [-0.2, 0) is 4.79 Å². The summed E-state index contributed by atoms with van der Waals surface area (Å²) >= 11 is 0. The molecule has 0 aliphatic heterocycles. The van der Waals surface area contributed by atoms with Crippen molar-refractivity contribution >= 4 is 17.5 Å².